The second-order valence-electron chi connectivity index (χ2n) is 10.2. The van der Waals surface area contributed by atoms with E-state index < -0.39 is 0 Å². The van der Waals surface area contributed by atoms with Gasteiger partial charge in [0.2, 0.25) is 0 Å². The summed E-state index contributed by atoms with van der Waals surface area (Å²) < 4.78 is 17.3. The van der Waals surface area contributed by atoms with Crippen LogP contribution < -0.4 is 33.5 Å². The standard InChI is InChI=1S/C16H36N.2C9H4Cl3IO.HI/c1-5-9-13-17(14-10-6-2,15-11-7-3)16-12-8-4;2*10-6-4-8(12)9(5-7(6)11)14-3-1-2-13;/h5-16H2,1-4H3;2*4-5H,3H2;1H/q+1;;;/p-1. The fourth-order valence-electron chi connectivity index (χ4n) is 4.16. The first kappa shape index (κ1) is 49.2. The van der Waals surface area contributed by atoms with E-state index >= 15 is 0 Å². The Labute approximate surface area is 352 Å². The van der Waals surface area contributed by atoms with Gasteiger partial charge in [0, 0.05) is 57.3 Å². The number of benzene rings is 2. The van der Waals surface area contributed by atoms with Crippen LogP contribution in [-0.4, -0.2) is 43.9 Å². The molecule has 0 aliphatic rings. The number of hydrogen-bond donors (Lipinski definition) is 0. The van der Waals surface area contributed by atoms with E-state index in [0.717, 1.165) is 0 Å². The highest BCUT2D eigenvalue weighted by Gasteiger charge is 2.24. The zero-order valence-electron chi connectivity index (χ0n) is 26.9. The van der Waals surface area contributed by atoms with Gasteiger partial charge in [0.15, 0.2) is 0 Å². The second-order valence-corrected chi connectivity index (χ2v) is 13.7. The molecule has 0 saturated carbocycles. The topological polar surface area (TPSA) is 18.5 Å². The van der Waals surface area contributed by atoms with E-state index in [9.17, 15) is 0 Å². The number of halogens is 9. The molecule has 0 spiro atoms. The Morgan fingerprint density at radius 2 is 0.804 bits per heavy atom. The highest BCUT2D eigenvalue weighted by Crippen LogP contribution is 2.34. The minimum absolute atomic E-state index is 0. The van der Waals surface area contributed by atoms with E-state index in [1.807, 2.05) is 45.2 Å². The van der Waals surface area contributed by atoms with E-state index in [0.29, 0.717) is 41.6 Å². The zero-order chi connectivity index (χ0) is 34.1. The molecule has 0 unspecified atom stereocenters. The maximum Gasteiger partial charge on any atom is 0.149 e. The summed E-state index contributed by atoms with van der Waals surface area (Å²) in [6.07, 6.45) is 11.1. The van der Waals surface area contributed by atoms with E-state index in [1.165, 1.54) is 94.2 Å². The fourth-order valence-corrected chi connectivity index (χ4v) is 5.65. The normalized spacial score (nSPS) is 10.0. The summed E-state index contributed by atoms with van der Waals surface area (Å²) >= 11 is 38.7. The fraction of sp³-hybridized carbons (Fsp3) is 0.529. The molecule has 0 aromatic heterocycles. The van der Waals surface area contributed by atoms with Crippen LogP contribution in [0.4, 0.5) is 0 Å². The summed E-state index contributed by atoms with van der Waals surface area (Å²) in [4.78, 5) is 0. The Balaban J connectivity index is 0. The maximum atomic E-state index is 5.86. The average molecular weight is 1090 g/mol. The zero-order valence-corrected chi connectivity index (χ0v) is 37.9. The molecule has 46 heavy (non-hydrogen) atoms. The number of unbranched alkanes of at least 4 members (excludes halogenated alkanes) is 4. The quantitative estimate of drug-likeness (QED) is 0.0722. The van der Waals surface area contributed by atoms with Gasteiger partial charge < -0.3 is 37.9 Å². The molecule has 0 atom stereocenters. The van der Waals surface area contributed by atoms with Crippen molar-refractivity contribution in [3.05, 3.63) is 54.4 Å². The number of hydrogen-bond acceptors (Lipinski definition) is 2. The predicted octanol–water partition coefficient (Wildman–Crippen LogP) is 10.9. The number of rotatable bonds is 16. The molecule has 0 N–H and O–H groups in total. The molecule has 0 aliphatic heterocycles. The van der Waals surface area contributed by atoms with Crippen molar-refractivity contribution in [1.29, 1.82) is 0 Å². The summed E-state index contributed by atoms with van der Waals surface area (Å²) in [6, 6.07) is 6.22. The lowest BCUT2D eigenvalue weighted by Gasteiger charge is -2.39. The highest BCUT2D eigenvalue weighted by atomic mass is 127. The van der Waals surface area contributed by atoms with Crippen LogP contribution in [0, 0.1) is 19.7 Å². The maximum absolute atomic E-state index is 5.86. The molecular weight excluding hydrogens is 1050 g/mol. The van der Waals surface area contributed by atoms with Crippen LogP contribution >= 0.6 is 115 Å². The summed E-state index contributed by atoms with van der Waals surface area (Å²) in [5.41, 5.74) is 0. The third kappa shape index (κ3) is 22.0. The van der Waals surface area contributed by atoms with Crippen molar-refractivity contribution < 1.29 is 37.9 Å². The van der Waals surface area contributed by atoms with E-state index in [1.54, 1.807) is 12.1 Å². The lowest BCUT2D eigenvalue weighted by molar-refractivity contribution is -0.929. The van der Waals surface area contributed by atoms with Gasteiger partial charge in [-0.05, 0) is 45.7 Å². The van der Waals surface area contributed by atoms with Gasteiger partial charge in [0.05, 0.1) is 56.3 Å². The minimum atomic E-state index is 0. The van der Waals surface area contributed by atoms with Crippen LogP contribution in [-0.2, 0) is 0 Å². The predicted molar refractivity (Wildman–Crippen MR) is 217 cm³/mol. The molecule has 0 amide bonds. The molecule has 260 valence electrons. The van der Waals surface area contributed by atoms with E-state index in [-0.39, 0.29) is 37.2 Å². The van der Waals surface area contributed by atoms with Crippen molar-refractivity contribution in [3.8, 4) is 31.2 Å². The van der Waals surface area contributed by atoms with Gasteiger partial charge in [0.1, 0.15) is 24.7 Å². The van der Waals surface area contributed by atoms with Gasteiger partial charge >= 0.3 is 0 Å². The van der Waals surface area contributed by atoms with E-state index in [2.05, 4.69) is 47.4 Å². The third-order valence-corrected chi connectivity index (χ3v) is 9.42. The first-order valence-corrected chi connectivity index (χ1v) is 19.5. The molecule has 2 rings (SSSR count). The lowest BCUT2D eigenvalue weighted by atomic mass is 10.1. The monoisotopic (exact) mass is 1090 g/mol. The second kappa shape index (κ2) is 30.8. The summed E-state index contributed by atoms with van der Waals surface area (Å²) in [6.45, 7) is 15.6. The Bertz CT molecular complexity index is 1130. The molecule has 0 aliphatic carbocycles. The first-order valence-electron chi connectivity index (χ1n) is 15.1. The Morgan fingerprint density at radius 1 is 0.522 bits per heavy atom. The van der Waals surface area contributed by atoms with Gasteiger partial charge in [-0.25, -0.2) is 0 Å². The SMILES string of the molecule is CCCC[N+](CCCC)(CCCC)CCCC.Clc1cc(Cl)c(OCC#CI)cc1Cl.Clc1cc(Cl)c(OCC#CI)cc1Cl.[I-]. The minimum Gasteiger partial charge on any atom is -1.00 e. The van der Waals surface area contributed by atoms with Gasteiger partial charge in [-0.1, -0.05) is 135 Å². The smallest absolute Gasteiger partial charge is 0.149 e. The van der Waals surface area contributed by atoms with Crippen molar-refractivity contribution in [2.24, 2.45) is 0 Å². The van der Waals surface area contributed by atoms with Crippen molar-refractivity contribution in [1.82, 2.24) is 0 Å². The van der Waals surface area contributed by atoms with Crippen LogP contribution in [0.25, 0.3) is 0 Å². The summed E-state index contributed by atoms with van der Waals surface area (Å²) in [7, 11) is 0. The Hall–Kier alpha value is 1.05. The highest BCUT2D eigenvalue weighted by molar-refractivity contribution is 14.1. The molecule has 12 heteroatoms. The number of nitrogens with zero attached hydrogens (tertiary/aromatic N) is 1. The van der Waals surface area contributed by atoms with Crippen molar-refractivity contribution in [3.63, 3.8) is 0 Å². The van der Waals surface area contributed by atoms with Crippen molar-refractivity contribution in [2.45, 2.75) is 79.1 Å². The Morgan fingerprint density at radius 3 is 1.07 bits per heavy atom. The van der Waals surface area contributed by atoms with Crippen LogP contribution in [0.15, 0.2) is 24.3 Å². The van der Waals surface area contributed by atoms with Gasteiger partial charge in [-0.2, -0.15) is 0 Å². The average Bonchev–Trinajstić information content (AvgIpc) is 3.02. The van der Waals surface area contributed by atoms with Gasteiger partial charge in [-0.15, -0.1) is 0 Å². The van der Waals surface area contributed by atoms with Crippen LogP contribution in [0.5, 0.6) is 11.5 Å². The number of ether oxygens (including phenoxy) is 2. The Kier molecular flexibility index (Phi) is 33.0. The molecule has 0 fully saturated rings. The summed E-state index contributed by atoms with van der Waals surface area (Å²) in [5.74, 6) is 6.45. The van der Waals surface area contributed by atoms with E-state index in [4.69, 9.17) is 79.1 Å². The molecule has 0 bridgehead atoms. The number of quaternary nitrogens is 1. The lowest BCUT2D eigenvalue weighted by Crippen LogP contribution is -3.00. The van der Waals surface area contributed by atoms with Crippen LogP contribution in [0.3, 0.4) is 0 Å². The van der Waals surface area contributed by atoms with Gasteiger partial charge in [0.25, 0.3) is 0 Å². The molecule has 2 aromatic rings. The van der Waals surface area contributed by atoms with Crippen molar-refractivity contribution >= 4 is 115 Å². The van der Waals surface area contributed by atoms with Crippen molar-refractivity contribution in [2.75, 3.05) is 39.4 Å². The molecule has 0 saturated heterocycles. The molecular formula is C34H44Cl6I3NO2. The van der Waals surface area contributed by atoms with Crippen LogP contribution in [0.1, 0.15) is 79.1 Å². The first-order chi connectivity index (χ1) is 21.5. The van der Waals surface area contributed by atoms with Gasteiger partial charge in [-0.3, -0.25) is 0 Å². The molecule has 0 radical (unpaired) electrons. The molecule has 3 nitrogen and oxygen atoms in total. The summed E-state index contributed by atoms with van der Waals surface area (Å²) in [5, 5.41) is 2.49. The van der Waals surface area contributed by atoms with Crippen LogP contribution in [0.2, 0.25) is 30.1 Å². The molecule has 2 aromatic carbocycles. The largest absolute Gasteiger partial charge is 1.00 e. The molecule has 0 heterocycles. The third-order valence-electron chi connectivity index (χ3n) is 6.63.